The van der Waals surface area contributed by atoms with E-state index < -0.39 is 5.60 Å². The molecule has 1 heterocycles. The van der Waals surface area contributed by atoms with Gasteiger partial charge >= 0.3 is 0 Å². The van der Waals surface area contributed by atoms with Crippen molar-refractivity contribution in [2.75, 3.05) is 20.2 Å². The van der Waals surface area contributed by atoms with Crippen LogP contribution in [0.4, 0.5) is 0 Å². The molecule has 0 amide bonds. The topological polar surface area (TPSA) is 78.8 Å². The molecule has 0 saturated carbocycles. The molecule has 1 aromatic heterocycles. The zero-order chi connectivity index (χ0) is 17.8. The van der Waals surface area contributed by atoms with Crippen molar-refractivity contribution in [1.82, 2.24) is 15.6 Å². The van der Waals surface area contributed by atoms with Crippen LogP contribution < -0.4 is 15.4 Å². The highest BCUT2D eigenvalue weighted by Gasteiger charge is 2.24. The Balaban J connectivity index is 2.66. The number of nitrogens with zero attached hydrogens (tertiary/aromatic N) is 2. The number of guanidine groups is 1. The van der Waals surface area contributed by atoms with Crippen molar-refractivity contribution in [1.29, 1.82) is 0 Å². The number of pyridine rings is 1. The third-order valence-electron chi connectivity index (χ3n) is 3.79. The molecule has 0 bridgehead atoms. The maximum atomic E-state index is 10.7. The quantitative estimate of drug-likeness (QED) is 0.452. The van der Waals surface area contributed by atoms with Crippen LogP contribution in [-0.2, 0) is 6.54 Å². The van der Waals surface area contributed by atoms with Crippen LogP contribution >= 0.6 is 0 Å². The molecular formula is C18H32N4O2. The lowest BCUT2D eigenvalue weighted by atomic mass is 9.93. The lowest BCUT2D eigenvalue weighted by Crippen LogP contribution is -2.47. The second-order valence-corrected chi connectivity index (χ2v) is 5.98. The first kappa shape index (κ1) is 20.2. The van der Waals surface area contributed by atoms with Crippen molar-refractivity contribution >= 4 is 5.96 Å². The number of hydrogen-bond acceptors (Lipinski definition) is 4. The second kappa shape index (κ2) is 10.9. The van der Waals surface area contributed by atoms with Gasteiger partial charge in [0.2, 0.25) is 5.88 Å². The predicted octanol–water partition coefficient (Wildman–Crippen LogP) is 2.48. The fourth-order valence-corrected chi connectivity index (χ4v) is 2.62. The van der Waals surface area contributed by atoms with Crippen molar-refractivity contribution in [3.63, 3.8) is 0 Å². The minimum Gasteiger partial charge on any atom is -0.481 e. The van der Waals surface area contributed by atoms with E-state index in [0.29, 0.717) is 24.9 Å². The number of rotatable bonds is 10. The van der Waals surface area contributed by atoms with Crippen LogP contribution in [0.3, 0.4) is 0 Å². The van der Waals surface area contributed by atoms with E-state index in [4.69, 9.17) is 4.74 Å². The van der Waals surface area contributed by atoms with Crippen molar-refractivity contribution in [2.45, 2.75) is 58.6 Å². The van der Waals surface area contributed by atoms with Crippen molar-refractivity contribution < 1.29 is 9.84 Å². The normalized spacial score (nSPS) is 12.1. The Morgan fingerprint density at radius 3 is 2.42 bits per heavy atom. The SMILES string of the molecule is CCCC(O)(CCC)CNC(=NCc1ccc(OC)nc1)NCC. The van der Waals surface area contributed by atoms with Gasteiger partial charge in [0.25, 0.3) is 0 Å². The first-order valence-electron chi connectivity index (χ1n) is 8.80. The summed E-state index contributed by atoms with van der Waals surface area (Å²) >= 11 is 0. The Hall–Kier alpha value is -1.82. The van der Waals surface area contributed by atoms with Gasteiger partial charge in [-0.25, -0.2) is 9.98 Å². The van der Waals surface area contributed by atoms with Gasteiger partial charge in [-0.3, -0.25) is 0 Å². The number of hydrogen-bond donors (Lipinski definition) is 3. The minimum absolute atomic E-state index is 0.501. The molecule has 1 aromatic rings. The van der Waals surface area contributed by atoms with Crippen molar-refractivity contribution in [2.24, 2.45) is 4.99 Å². The lowest BCUT2D eigenvalue weighted by Gasteiger charge is -2.28. The first-order valence-corrected chi connectivity index (χ1v) is 8.80. The highest BCUT2D eigenvalue weighted by Crippen LogP contribution is 2.18. The summed E-state index contributed by atoms with van der Waals surface area (Å²) in [5, 5.41) is 17.2. The third-order valence-corrected chi connectivity index (χ3v) is 3.79. The van der Waals surface area contributed by atoms with E-state index in [-0.39, 0.29) is 0 Å². The summed E-state index contributed by atoms with van der Waals surface area (Å²) in [6.45, 7) is 8.00. The molecule has 0 radical (unpaired) electrons. The zero-order valence-electron chi connectivity index (χ0n) is 15.4. The van der Waals surface area contributed by atoms with Crippen molar-refractivity contribution in [3.05, 3.63) is 23.9 Å². The number of aliphatic hydroxyl groups is 1. The molecule has 0 aliphatic carbocycles. The maximum absolute atomic E-state index is 10.7. The van der Waals surface area contributed by atoms with E-state index in [1.807, 2.05) is 19.1 Å². The Kier molecular flexibility index (Phi) is 9.15. The first-order chi connectivity index (χ1) is 11.6. The fourth-order valence-electron chi connectivity index (χ4n) is 2.62. The van der Waals surface area contributed by atoms with Gasteiger partial charge in [0.05, 0.1) is 19.3 Å². The summed E-state index contributed by atoms with van der Waals surface area (Å²) in [7, 11) is 1.60. The predicted molar refractivity (Wildman–Crippen MR) is 98.4 cm³/mol. The van der Waals surface area contributed by atoms with Crippen molar-refractivity contribution in [3.8, 4) is 5.88 Å². The minimum atomic E-state index is -0.679. The highest BCUT2D eigenvalue weighted by molar-refractivity contribution is 5.79. The fraction of sp³-hybridized carbons (Fsp3) is 0.667. The molecule has 0 saturated heterocycles. The summed E-state index contributed by atoms with van der Waals surface area (Å²) in [6.07, 6.45) is 5.26. The van der Waals surface area contributed by atoms with Gasteiger partial charge in [-0.05, 0) is 25.3 Å². The largest absolute Gasteiger partial charge is 0.481 e. The van der Waals surface area contributed by atoms with E-state index in [2.05, 4.69) is 34.5 Å². The maximum Gasteiger partial charge on any atom is 0.212 e. The summed E-state index contributed by atoms with van der Waals surface area (Å²) in [5.41, 5.74) is 0.326. The summed E-state index contributed by atoms with van der Waals surface area (Å²) < 4.78 is 5.06. The molecular weight excluding hydrogens is 304 g/mol. The summed E-state index contributed by atoms with van der Waals surface area (Å²) in [6, 6.07) is 3.77. The lowest BCUT2D eigenvalue weighted by molar-refractivity contribution is 0.0257. The van der Waals surface area contributed by atoms with Gasteiger partial charge in [-0.2, -0.15) is 0 Å². The van der Waals surface area contributed by atoms with Gasteiger partial charge in [0.1, 0.15) is 0 Å². The molecule has 0 aromatic carbocycles. The molecule has 0 aliphatic heterocycles. The molecule has 0 fully saturated rings. The van der Waals surface area contributed by atoms with Crippen LogP contribution in [-0.4, -0.2) is 41.9 Å². The van der Waals surface area contributed by atoms with E-state index in [9.17, 15) is 5.11 Å². The van der Waals surface area contributed by atoms with Gasteiger partial charge in [-0.15, -0.1) is 0 Å². The number of aromatic nitrogens is 1. The number of methoxy groups -OCH3 is 1. The Morgan fingerprint density at radius 2 is 1.92 bits per heavy atom. The van der Waals surface area contributed by atoms with Gasteiger partial charge in [-0.1, -0.05) is 32.8 Å². The number of nitrogens with one attached hydrogen (secondary N) is 2. The van der Waals surface area contributed by atoms with Crippen LogP contribution in [0.25, 0.3) is 0 Å². The molecule has 0 aliphatic rings. The number of aliphatic imine (C=N–C) groups is 1. The van der Waals surface area contributed by atoms with Gasteiger partial charge in [0.15, 0.2) is 5.96 Å². The molecule has 0 atom stereocenters. The molecule has 6 heteroatoms. The molecule has 136 valence electrons. The molecule has 6 nitrogen and oxygen atoms in total. The molecule has 24 heavy (non-hydrogen) atoms. The summed E-state index contributed by atoms with van der Waals surface area (Å²) in [4.78, 5) is 8.75. The average molecular weight is 336 g/mol. The standard InChI is InChI=1S/C18H32N4O2/c1-5-10-18(23,11-6-2)14-22-17(19-7-3)21-13-15-8-9-16(24-4)20-12-15/h8-9,12,23H,5-7,10-11,13-14H2,1-4H3,(H2,19,21,22). The Labute approximate surface area is 145 Å². The molecule has 1 rings (SSSR count). The monoisotopic (exact) mass is 336 g/mol. The van der Waals surface area contributed by atoms with E-state index in [1.165, 1.54) is 0 Å². The van der Waals surface area contributed by atoms with Crippen LogP contribution in [0.15, 0.2) is 23.3 Å². The zero-order valence-corrected chi connectivity index (χ0v) is 15.4. The van der Waals surface area contributed by atoms with E-state index in [1.54, 1.807) is 13.3 Å². The third kappa shape index (κ3) is 7.17. The van der Waals surface area contributed by atoms with Crippen LogP contribution in [0.2, 0.25) is 0 Å². The molecule has 3 N–H and O–H groups in total. The van der Waals surface area contributed by atoms with Crippen LogP contribution in [0.1, 0.15) is 52.0 Å². The second-order valence-electron chi connectivity index (χ2n) is 5.98. The van der Waals surface area contributed by atoms with Gasteiger partial charge < -0.3 is 20.5 Å². The van der Waals surface area contributed by atoms with Crippen LogP contribution in [0.5, 0.6) is 5.88 Å². The Morgan fingerprint density at radius 1 is 1.21 bits per heavy atom. The van der Waals surface area contributed by atoms with Crippen LogP contribution in [0, 0.1) is 0 Å². The highest BCUT2D eigenvalue weighted by atomic mass is 16.5. The smallest absolute Gasteiger partial charge is 0.212 e. The molecule has 0 unspecified atom stereocenters. The average Bonchev–Trinajstić information content (AvgIpc) is 2.58. The Bertz CT molecular complexity index is 482. The number of ether oxygens (including phenoxy) is 1. The van der Waals surface area contributed by atoms with Gasteiger partial charge in [0, 0.05) is 25.4 Å². The van der Waals surface area contributed by atoms with E-state index >= 15 is 0 Å². The van der Waals surface area contributed by atoms with E-state index in [0.717, 1.165) is 37.8 Å². The summed E-state index contributed by atoms with van der Waals surface area (Å²) in [5.74, 6) is 1.30. The molecule has 0 spiro atoms.